The third-order valence-corrected chi connectivity index (χ3v) is 2.65. The van der Waals surface area contributed by atoms with Crippen LogP contribution in [0.4, 0.5) is 18.9 Å². The van der Waals surface area contributed by atoms with Gasteiger partial charge in [-0.25, -0.2) is 0 Å². The molecule has 0 atom stereocenters. The second-order valence-electron chi connectivity index (χ2n) is 4.29. The van der Waals surface area contributed by atoms with Crippen molar-refractivity contribution in [1.29, 1.82) is 0 Å². The molecule has 5 heteroatoms. The van der Waals surface area contributed by atoms with Crippen molar-refractivity contribution in [3.05, 3.63) is 36.8 Å². The predicted octanol–water partition coefficient (Wildman–Crippen LogP) is 4.43. The zero-order chi connectivity index (χ0) is 14.3. The fourth-order valence-corrected chi connectivity index (χ4v) is 1.61. The highest BCUT2D eigenvalue weighted by molar-refractivity contribution is 5.90. The summed E-state index contributed by atoms with van der Waals surface area (Å²) in [6, 6.07) is 4.43. The number of anilines is 1. The van der Waals surface area contributed by atoms with Crippen LogP contribution in [-0.2, 0) is 11.0 Å². The summed E-state index contributed by atoms with van der Waals surface area (Å²) < 4.78 is 37.0. The van der Waals surface area contributed by atoms with E-state index in [-0.39, 0.29) is 5.91 Å². The SMILES string of the molecule is [CH2]CCCCCC(=O)Nc1ccc(C(F)(F)F)cc1. The maximum absolute atomic E-state index is 12.3. The van der Waals surface area contributed by atoms with E-state index in [1.165, 1.54) is 12.1 Å². The molecule has 0 unspecified atom stereocenters. The van der Waals surface area contributed by atoms with Crippen LogP contribution in [0.2, 0.25) is 0 Å². The smallest absolute Gasteiger partial charge is 0.326 e. The highest BCUT2D eigenvalue weighted by Crippen LogP contribution is 2.29. The lowest BCUT2D eigenvalue weighted by Gasteiger charge is -2.08. The molecular weight excluding hydrogens is 255 g/mol. The van der Waals surface area contributed by atoms with Gasteiger partial charge in [-0.05, 0) is 30.7 Å². The number of hydrogen-bond donors (Lipinski definition) is 1. The summed E-state index contributed by atoms with van der Waals surface area (Å²) in [5, 5.41) is 2.58. The number of rotatable bonds is 6. The first-order valence-corrected chi connectivity index (χ1v) is 6.20. The zero-order valence-electron chi connectivity index (χ0n) is 10.6. The molecule has 0 spiro atoms. The number of nitrogens with one attached hydrogen (secondary N) is 1. The van der Waals surface area contributed by atoms with Crippen LogP contribution in [0.3, 0.4) is 0 Å². The number of alkyl halides is 3. The molecule has 0 aliphatic rings. The molecule has 1 aromatic carbocycles. The summed E-state index contributed by atoms with van der Waals surface area (Å²) >= 11 is 0. The Bertz CT molecular complexity index is 398. The van der Waals surface area contributed by atoms with Gasteiger partial charge in [0.15, 0.2) is 0 Å². The molecule has 0 aliphatic carbocycles. The van der Waals surface area contributed by atoms with Crippen molar-refractivity contribution in [3.63, 3.8) is 0 Å². The predicted molar refractivity (Wildman–Crippen MR) is 68.5 cm³/mol. The second kappa shape index (κ2) is 7.16. The van der Waals surface area contributed by atoms with Crippen molar-refractivity contribution in [2.75, 3.05) is 5.32 Å². The Morgan fingerprint density at radius 3 is 2.26 bits per heavy atom. The summed E-state index contributed by atoms with van der Waals surface area (Å²) in [4.78, 5) is 11.5. The minimum atomic E-state index is -4.35. The minimum Gasteiger partial charge on any atom is -0.326 e. The Kier molecular flexibility index (Phi) is 5.86. The third-order valence-electron chi connectivity index (χ3n) is 2.65. The molecule has 0 bridgehead atoms. The van der Waals surface area contributed by atoms with E-state index in [1.54, 1.807) is 0 Å². The van der Waals surface area contributed by atoms with Gasteiger partial charge in [0.1, 0.15) is 0 Å². The Labute approximate surface area is 111 Å². The van der Waals surface area contributed by atoms with Crippen LogP contribution < -0.4 is 5.32 Å². The van der Waals surface area contributed by atoms with Crippen molar-refractivity contribution in [2.45, 2.75) is 38.3 Å². The molecule has 19 heavy (non-hydrogen) atoms. The molecule has 105 valence electrons. The topological polar surface area (TPSA) is 29.1 Å². The van der Waals surface area contributed by atoms with Gasteiger partial charge in [0.2, 0.25) is 5.91 Å². The summed E-state index contributed by atoms with van der Waals surface area (Å²) in [5.74, 6) is -0.177. The first-order chi connectivity index (χ1) is 8.93. The highest BCUT2D eigenvalue weighted by atomic mass is 19.4. The Hall–Kier alpha value is -1.52. The Balaban J connectivity index is 2.43. The van der Waals surface area contributed by atoms with E-state index in [2.05, 4.69) is 12.2 Å². The van der Waals surface area contributed by atoms with Crippen LogP contribution >= 0.6 is 0 Å². The summed E-state index contributed by atoms with van der Waals surface area (Å²) in [5.41, 5.74) is -0.337. The van der Waals surface area contributed by atoms with E-state index in [9.17, 15) is 18.0 Å². The largest absolute Gasteiger partial charge is 0.416 e. The van der Waals surface area contributed by atoms with Gasteiger partial charge < -0.3 is 5.32 Å². The summed E-state index contributed by atoms with van der Waals surface area (Å²) in [6.45, 7) is 3.71. The molecule has 0 saturated carbocycles. The first-order valence-electron chi connectivity index (χ1n) is 6.20. The monoisotopic (exact) mass is 272 g/mol. The third kappa shape index (κ3) is 5.77. The average molecular weight is 272 g/mol. The van der Waals surface area contributed by atoms with Gasteiger partial charge >= 0.3 is 6.18 Å². The quantitative estimate of drug-likeness (QED) is 0.763. The van der Waals surface area contributed by atoms with Crippen molar-refractivity contribution in [3.8, 4) is 0 Å². The molecule has 0 heterocycles. The molecule has 1 amide bonds. The Morgan fingerprint density at radius 1 is 1.11 bits per heavy atom. The number of carbonyl (C=O) groups is 1. The number of carbonyl (C=O) groups excluding carboxylic acids is 1. The van der Waals surface area contributed by atoms with Crippen LogP contribution in [0, 0.1) is 6.92 Å². The van der Waals surface area contributed by atoms with Crippen molar-refractivity contribution >= 4 is 11.6 Å². The second-order valence-corrected chi connectivity index (χ2v) is 4.29. The maximum atomic E-state index is 12.3. The number of halogens is 3. The minimum absolute atomic E-state index is 0.177. The van der Waals surface area contributed by atoms with E-state index < -0.39 is 11.7 Å². The van der Waals surface area contributed by atoms with Crippen LogP contribution in [-0.4, -0.2) is 5.91 Å². The van der Waals surface area contributed by atoms with Gasteiger partial charge in [0.05, 0.1) is 5.56 Å². The van der Waals surface area contributed by atoms with Crippen LogP contribution in [0.5, 0.6) is 0 Å². The first kappa shape index (κ1) is 15.5. The normalized spacial score (nSPS) is 11.4. The van der Waals surface area contributed by atoms with Gasteiger partial charge in [-0.3, -0.25) is 4.79 Å². The number of amides is 1. The molecular formula is C14H17F3NO. The fraction of sp³-hybridized carbons (Fsp3) is 0.429. The van der Waals surface area contributed by atoms with Gasteiger partial charge in [0, 0.05) is 12.1 Å². The number of unbranched alkanes of at least 4 members (excludes halogenated alkanes) is 3. The van der Waals surface area contributed by atoms with Crippen molar-refractivity contribution < 1.29 is 18.0 Å². The molecule has 0 aromatic heterocycles. The van der Waals surface area contributed by atoms with Crippen LogP contribution in [0.15, 0.2) is 24.3 Å². The van der Waals surface area contributed by atoms with E-state index >= 15 is 0 Å². The molecule has 0 fully saturated rings. The van der Waals surface area contributed by atoms with E-state index in [1.807, 2.05) is 0 Å². The molecule has 2 nitrogen and oxygen atoms in total. The molecule has 0 aliphatic heterocycles. The lowest BCUT2D eigenvalue weighted by Crippen LogP contribution is -2.11. The van der Waals surface area contributed by atoms with Crippen molar-refractivity contribution in [1.82, 2.24) is 0 Å². The molecule has 1 N–H and O–H groups in total. The van der Waals surface area contributed by atoms with Crippen LogP contribution in [0.1, 0.15) is 37.7 Å². The van der Waals surface area contributed by atoms with Crippen molar-refractivity contribution in [2.24, 2.45) is 0 Å². The van der Waals surface area contributed by atoms with Crippen LogP contribution in [0.25, 0.3) is 0 Å². The number of benzene rings is 1. The standard InChI is InChI=1S/C14H17F3NO/c1-2-3-4-5-6-13(19)18-12-9-7-11(8-10-12)14(15,16)17/h7-10H,1-6H2,(H,18,19). The molecule has 1 rings (SSSR count). The Morgan fingerprint density at radius 2 is 1.74 bits per heavy atom. The summed E-state index contributed by atoms with van der Waals surface area (Å²) in [7, 11) is 0. The maximum Gasteiger partial charge on any atom is 0.416 e. The molecule has 1 aromatic rings. The van der Waals surface area contributed by atoms with E-state index in [4.69, 9.17) is 0 Å². The van der Waals surface area contributed by atoms with Gasteiger partial charge in [-0.2, -0.15) is 13.2 Å². The molecule has 0 saturated heterocycles. The van der Waals surface area contributed by atoms with Gasteiger partial charge in [-0.1, -0.05) is 26.2 Å². The lowest BCUT2D eigenvalue weighted by atomic mass is 10.1. The van der Waals surface area contributed by atoms with Gasteiger partial charge in [-0.15, -0.1) is 0 Å². The van der Waals surface area contributed by atoms with E-state index in [0.29, 0.717) is 12.1 Å². The average Bonchev–Trinajstić information content (AvgIpc) is 2.34. The fourth-order valence-electron chi connectivity index (χ4n) is 1.61. The van der Waals surface area contributed by atoms with E-state index in [0.717, 1.165) is 37.8 Å². The van der Waals surface area contributed by atoms with Gasteiger partial charge in [0.25, 0.3) is 0 Å². The zero-order valence-corrected chi connectivity index (χ0v) is 10.6. The summed E-state index contributed by atoms with van der Waals surface area (Å²) in [6.07, 6.45) is -0.447. The lowest BCUT2D eigenvalue weighted by molar-refractivity contribution is -0.137. The molecule has 1 radical (unpaired) electrons. The number of hydrogen-bond acceptors (Lipinski definition) is 1. The highest BCUT2D eigenvalue weighted by Gasteiger charge is 2.29.